The number of nitrogens with zero attached hydrogens (tertiary/aromatic N) is 3. The number of rotatable bonds is 4. The van der Waals surface area contributed by atoms with E-state index in [1.807, 2.05) is 19.9 Å². The number of aromatic nitrogens is 3. The first-order valence-electron chi connectivity index (χ1n) is 9.41. The maximum absolute atomic E-state index is 12.5. The van der Waals surface area contributed by atoms with Crippen LogP contribution in [0.1, 0.15) is 40.4 Å². The van der Waals surface area contributed by atoms with E-state index in [0.29, 0.717) is 17.1 Å². The number of aromatic amines is 1. The molecule has 4 rings (SSSR count). The SMILES string of the molecule is COc1c(C)cccc1CN1CC[C@H](c2cc3nc(C)c(C)c(=O)n3[nH]2)C1. The lowest BCUT2D eigenvalue weighted by Gasteiger charge is -2.18. The van der Waals surface area contributed by atoms with E-state index >= 15 is 0 Å². The second-order valence-corrected chi connectivity index (χ2v) is 7.52. The number of ether oxygens (including phenoxy) is 1. The first-order valence-corrected chi connectivity index (χ1v) is 9.41. The Bertz CT molecular complexity index is 1050. The molecule has 0 radical (unpaired) electrons. The van der Waals surface area contributed by atoms with Crippen LogP contribution in [-0.4, -0.2) is 39.7 Å². The Morgan fingerprint density at radius 2 is 2.11 bits per heavy atom. The molecular formula is C21H26N4O2. The molecule has 3 aromatic rings. The zero-order valence-electron chi connectivity index (χ0n) is 16.4. The highest BCUT2D eigenvalue weighted by atomic mass is 16.5. The molecule has 0 unspecified atom stereocenters. The highest BCUT2D eigenvalue weighted by Gasteiger charge is 2.26. The van der Waals surface area contributed by atoms with Crippen LogP contribution in [0.2, 0.25) is 0 Å². The van der Waals surface area contributed by atoms with Gasteiger partial charge in [-0.05, 0) is 39.3 Å². The zero-order chi connectivity index (χ0) is 19.1. The molecule has 3 heterocycles. The summed E-state index contributed by atoms with van der Waals surface area (Å²) in [6.45, 7) is 8.64. The molecule has 1 N–H and O–H groups in total. The summed E-state index contributed by atoms with van der Waals surface area (Å²) in [5, 5.41) is 3.28. The van der Waals surface area contributed by atoms with Crippen LogP contribution in [0.4, 0.5) is 0 Å². The van der Waals surface area contributed by atoms with Crippen LogP contribution >= 0.6 is 0 Å². The van der Waals surface area contributed by atoms with Gasteiger partial charge in [-0.2, -0.15) is 0 Å². The molecule has 6 nitrogen and oxygen atoms in total. The molecule has 1 atom stereocenters. The number of hydrogen-bond acceptors (Lipinski definition) is 4. The molecule has 142 valence electrons. The van der Waals surface area contributed by atoms with Gasteiger partial charge in [-0.15, -0.1) is 0 Å². The maximum atomic E-state index is 12.5. The quantitative estimate of drug-likeness (QED) is 0.771. The Labute approximate surface area is 158 Å². The van der Waals surface area contributed by atoms with Crippen molar-refractivity contribution in [1.82, 2.24) is 19.5 Å². The van der Waals surface area contributed by atoms with Crippen LogP contribution < -0.4 is 10.3 Å². The third kappa shape index (κ3) is 3.14. The number of aryl methyl sites for hydroxylation is 2. The van der Waals surface area contributed by atoms with Crippen LogP contribution in [0.3, 0.4) is 0 Å². The van der Waals surface area contributed by atoms with Gasteiger partial charge in [-0.1, -0.05) is 18.2 Å². The average molecular weight is 366 g/mol. The summed E-state index contributed by atoms with van der Waals surface area (Å²) >= 11 is 0. The Morgan fingerprint density at radius 1 is 1.30 bits per heavy atom. The van der Waals surface area contributed by atoms with Crippen molar-refractivity contribution in [2.45, 2.75) is 39.7 Å². The fourth-order valence-corrected chi connectivity index (χ4v) is 4.05. The molecule has 1 fully saturated rings. The van der Waals surface area contributed by atoms with Crippen molar-refractivity contribution < 1.29 is 4.74 Å². The summed E-state index contributed by atoms with van der Waals surface area (Å²) in [6, 6.07) is 8.32. The van der Waals surface area contributed by atoms with E-state index in [-0.39, 0.29) is 5.56 Å². The number of para-hydroxylation sites is 1. The van der Waals surface area contributed by atoms with Gasteiger partial charge in [0.05, 0.1) is 7.11 Å². The number of H-pyrrole nitrogens is 1. The van der Waals surface area contributed by atoms with Gasteiger partial charge >= 0.3 is 0 Å². The van der Waals surface area contributed by atoms with E-state index in [2.05, 4.69) is 40.1 Å². The molecule has 0 spiro atoms. The lowest BCUT2D eigenvalue weighted by molar-refractivity contribution is 0.316. The van der Waals surface area contributed by atoms with Crippen molar-refractivity contribution in [3.05, 3.63) is 62.7 Å². The second kappa shape index (κ2) is 6.85. The minimum atomic E-state index is -0.0110. The first-order chi connectivity index (χ1) is 13.0. The Kier molecular flexibility index (Phi) is 4.52. The number of hydrogen-bond donors (Lipinski definition) is 1. The van der Waals surface area contributed by atoms with Gasteiger partial charge in [0.2, 0.25) is 0 Å². The summed E-state index contributed by atoms with van der Waals surface area (Å²) in [6.07, 6.45) is 1.06. The third-order valence-electron chi connectivity index (χ3n) is 5.71. The average Bonchev–Trinajstić information content (AvgIpc) is 3.27. The molecule has 0 saturated carbocycles. The monoisotopic (exact) mass is 366 g/mol. The van der Waals surface area contributed by atoms with Crippen molar-refractivity contribution in [3.8, 4) is 5.75 Å². The molecule has 1 saturated heterocycles. The first kappa shape index (κ1) is 17.8. The molecule has 0 bridgehead atoms. The minimum absolute atomic E-state index is 0.0110. The molecule has 0 amide bonds. The molecule has 1 aliphatic rings. The van der Waals surface area contributed by atoms with E-state index in [0.717, 1.165) is 48.8 Å². The number of fused-ring (bicyclic) bond motifs is 1. The van der Waals surface area contributed by atoms with Crippen LogP contribution in [0.25, 0.3) is 5.65 Å². The van der Waals surface area contributed by atoms with Crippen molar-refractivity contribution in [2.24, 2.45) is 0 Å². The molecule has 2 aromatic heterocycles. The van der Waals surface area contributed by atoms with E-state index in [4.69, 9.17) is 4.74 Å². The van der Waals surface area contributed by atoms with Crippen LogP contribution in [0.15, 0.2) is 29.1 Å². The molecule has 27 heavy (non-hydrogen) atoms. The van der Waals surface area contributed by atoms with Gasteiger partial charge in [-0.3, -0.25) is 14.8 Å². The van der Waals surface area contributed by atoms with Crippen molar-refractivity contribution in [1.29, 1.82) is 0 Å². The smallest absolute Gasteiger partial charge is 0.275 e. The minimum Gasteiger partial charge on any atom is -0.496 e. The number of likely N-dealkylation sites (tertiary alicyclic amines) is 1. The number of nitrogens with one attached hydrogen (secondary N) is 1. The normalized spacial score (nSPS) is 17.7. The standard InChI is InChI=1S/C21H26N4O2/c1-13-6-5-7-17(20(13)27-4)12-24-9-8-16(11-24)18-10-19-22-15(3)14(2)21(26)25(19)23-18/h5-7,10,16,23H,8-9,11-12H2,1-4H3/t16-/m0/s1. The Morgan fingerprint density at radius 3 is 2.89 bits per heavy atom. The number of methoxy groups -OCH3 is 1. The summed E-state index contributed by atoms with van der Waals surface area (Å²) in [5.74, 6) is 1.36. The molecule has 6 heteroatoms. The number of benzene rings is 1. The van der Waals surface area contributed by atoms with E-state index in [1.54, 1.807) is 11.6 Å². The predicted octanol–water partition coefficient (Wildman–Crippen LogP) is 2.95. The highest BCUT2D eigenvalue weighted by molar-refractivity contribution is 5.43. The molecule has 1 aromatic carbocycles. The Hall–Kier alpha value is -2.60. The maximum Gasteiger partial charge on any atom is 0.275 e. The van der Waals surface area contributed by atoms with Crippen LogP contribution in [0, 0.1) is 20.8 Å². The molecular weight excluding hydrogens is 340 g/mol. The van der Waals surface area contributed by atoms with Gasteiger partial charge in [0, 0.05) is 47.6 Å². The van der Waals surface area contributed by atoms with Crippen molar-refractivity contribution in [3.63, 3.8) is 0 Å². The second-order valence-electron chi connectivity index (χ2n) is 7.52. The Balaban J connectivity index is 1.55. The van der Waals surface area contributed by atoms with Gasteiger partial charge < -0.3 is 4.74 Å². The molecule has 1 aliphatic heterocycles. The van der Waals surface area contributed by atoms with Gasteiger partial charge in [0.1, 0.15) is 5.75 Å². The highest BCUT2D eigenvalue weighted by Crippen LogP contribution is 2.30. The van der Waals surface area contributed by atoms with Crippen LogP contribution in [-0.2, 0) is 6.54 Å². The third-order valence-corrected chi connectivity index (χ3v) is 5.71. The lowest BCUT2D eigenvalue weighted by Crippen LogP contribution is -2.21. The summed E-state index contributed by atoms with van der Waals surface area (Å²) in [5.41, 5.74) is 5.66. The lowest BCUT2D eigenvalue weighted by atomic mass is 10.1. The summed E-state index contributed by atoms with van der Waals surface area (Å²) in [7, 11) is 1.73. The largest absolute Gasteiger partial charge is 0.496 e. The van der Waals surface area contributed by atoms with E-state index in [9.17, 15) is 4.79 Å². The van der Waals surface area contributed by atoms with Gasteiger partial charge in [-0.25, -0.2) is 9.50 Å². The predicted molar refractivity (Wildman–Crippen MR) is 106 cm³/mol. The summed E-state index contributed by atoms with van der Waals surface area (Å²) in [4.78, 5) is 19.4. The van der Waals surface area contributed by atoms with Crippen LogP contribution in [0.5, 0.6) is 5.75 Å². The zero-order valence-corrected chi connectivity index (χ0v) is 16.4. The van der Waals surface area contributed by atoms with E-state index in [1.165, 1.54) is 5.56 Å². The van der Waals surface area contributed by atoms with Gasteiger partial charge in [0.15, 0.2) is 5.65 Å². The van der Waals surface area contributed by atoms with Crippen molar-refractivity contribution >= 4 is 5.65 Å². The fourth-order valence-electron chi connectivity index (χ4n) is 4.05. The fraction of sp³-hybridized carbons (Fsp3) is 0.429. The van der Waals surface area contributed by atoms with Crippen molar-refractivity contribution in [2.75, 3.05) is 20.2 Å². The van der Waals surface area contributed by atoms with E-state index < -0.39 is 0 Å². The summed E-state index contributed by atoms with van der Waals surface area (Å²) < 4.78 is 7.17. The topological polar surface area (TPSA) is 62.6 Å². The van der Waals surface area contributed by atoms with Gasteiger partial charge in [0.25, 0.3) is 5.56 Å². The molecule has 0 aliphatic carbocycles.